The first kappa shape index (κ1) is 27.2. The molecule has 4 rings (SSSR count). The number of anilines is 2. The quantitative estimate of drug-likeness (QED) is 0.462. The van der Waals surface area contributed by atoms with E-state index in [4.69, 9.17) is 9.47 Å². The average molecular weight is 532 g/mol. The van der Waals surface area contributed by atoms with Crippen LogP contribution in [0.4, 0.5) is 24.5 Å². The predicted molar refractivity (Wildman–Crippen MR) is 136 cm³/mol. The molecule has 2 heterocycles. The largest absolute Gasteiger partial charge is 0.467 e. The molecule has 11 heteroatoms. The minimum Gasteiger partial charge on any atom is -0.467 e. The number of fused-ring (bicyclic) bond motifs is 1. The SMILES string of the molecule is COC(=O)[C@@H]1C[C@@H](OC(C)(C)C)CN1c1ccc(NC(=O)c2c[nH]c3ccccc3c2=O)c(C(F)(F)F)c1. The molecule has 1 saturated heterocycles. The lowest BCUT2D eigenvalue weighted by Crippen LogP contribution is -2.37. The van der Waals surface area contributed by atoms with Gasteiger partial charge in [-0.2, -0.15) is 13.2 Å². The Bertz CT molecular complexity index is 1430. The molecule has 1 aromatic heterocycles. The second-order valence-electron chi connectivity index (χ2n) is 10.0. The van der Waals surface area contributed by atoms with Crippen molar-refractivity contribution < 1.29 is 32.2 Å². The summed E-state index contributed by atoms with van der Waals surface area (Å²) in [5.74, 6) is -1.58. The number of H-pyrrole nitrogens is 1. The van der Waals surface area contributed by atoms with Crippen molar-refractivity contribution in [3.05, 3.63) is 70.0 Å². The van der Waals surface area contributed by atoms with E-state index in [0.29, 0.717) is 5.52 Å². The first-order chi connectivity index (χ1) is 17.8. The number of halogens is 3. The van der Waals surface area contributed by atoms with E-state index in [0.717, 1.165) is 12.1 Å². The number of aromatic amines is 1. The summed E-state index contributed by atoms with van der Waals surface area (Å²) in [5, 5.41) is 2.47. The average Bonchev–Trinajstić information content (AvgIpc) is 3.25. The van der Waals surface area contributed by atoms with Crippen molar-refractivity contribution in [2.45, 2.75) is 51.1 Å². The number of carbonyl (C=O) groups excluding carboxylic acids is 2. The van der Waals surface area contributed by atoms with Gasteiger partial charge in [-0.3, -0.25) is 9.59 Å². The molecule has 1 fully saturated rings. The second kappa shape index (κ2) is 10.1. The standard InChI is InChI=1S/C27H28F3N3O5/c1-26(2,3)38-16-12-22(25(36)37-4)33(14-16)15-9-10-21(19(11-15)27(28,29)30)32-24(35)18-13-31-20-8-6-5-7-17(20)23(18)34/h5-11,13,16,22H,12,14H2,1-4H3,(H,31,34)(H,32,35)/t16-,22+/m1/s1. The molecule has 202 valence electrons. The second-order valence-corrected chi connectivity index (χ2v) is 10.0. The number of aromatic nitrogens is 1. The van der Waals surface area contributed by atoms with E-state index in [9.17, 15) is 27.6 Å². The number of esters is 1. The topological polar surface area (TPSA) is 101 Å². The highest BCUT2D eigenvalue weighted by Gasteiger charge is 2.41. The van der Waals surface area contributed by atoms with Crippen LogP contribution in [0.1, 0.15) is 43.1 Å². The van der Waals surface area contributed by atoms with Gasteiger partial charge in [-0.1, -0.05) is 12.1 Å². The van der Waals surface area contributed by atoms with Crippen LogP contribution >= 0.6 is 0 Å². The maximum Gasteiger partial charge on any atom is 0.418 e. The molecule has 1 aliphatic rings. The smallest absolute Gasteiger partial charge is 0.418 e. The molecule has 38 heavy (non-hydrogen) atoms. The number of amides is 1. The van der Waals surface area contributed by atoms with E-state index >= 15 is 0 Å². The summed E-state index contributed by atoms with van der Waals surface area (Å²) in [6, 6.07) is 9.01. The van der Waals surface area contributed by atoms with Gasteiger partial charge in [-0.15, -0.1) is 0 Å². The zero-order valence-corrected chi connectivity index (χ0v) is 21.3. The van der Waals surface area contributed by atoms with Gasteiger partial charge >= 0.3 is 12.1 Å². The number of carbonyl (C=O) groups is 2. The summed E-state index contributed by atoms with van der Waals surface area (Å²) in [5.41, 5.74) is -2.48. The molecule has 0 spiro atoms. The highest BCUT2D eigenvalue weighted by Crippen LogP contribution is 2.39. The van der Waals surface area contributed by atoms with E-state index in [1.165, 1.54) is 30.3 Å². The Morgan fingerprint density at radius 1 is 1.11 bits per heavy atom. The van der Waals surface area contributed by atoms with Gasteiger partial charge in [0.1, 0.15) is 11.6 Å². The third-order valence-corrected chi connectivity index (χ3v) is 6.18. The van der Waals surface area contributed by atoms with Crippen molar-refractivity contribution in [2.24, 2.45) is 0 Å². The number of para-hydroxylation sites is 1. The minimum absolute atomic E-state index is 0.120. The van der Waals surface area contributed by atoms with Crippen molar-refractivity contribution in [1.29, 1.82) is 0 Å². The van der Waals surface area contributed by atoms with Crippen molar-refractivity contribution in [3.8, 4) is 0 Å². The Morgan fingerprint density at radius 3 is 2.47 bits per heavy atom. The number of benzene rings is 2. The van der Waals surface area contributed by atoms with Crippen LogP contribution in [-0.2, 0) is 20.4 Å². The van der Waals surface area contributed by atoms with Crippen molar-refractivity contribution in [3.63, 3.8) is 0 Å². The number of hydrogen-bond donors (Lipinski definition) is 2. The lowest BCUT2D eigenvalue weighted by atomic mass is 10.1. The van der Waals surface area contributed by atoms with Crippen LogP contribution < -0.4 is 15.6 Å². The van der Waals surface area contributed by atoms with Crippen LogP contribution in [0.15, 0.2) is 53.5 Å². The molecule has 3 aromatic rings. The maximum absolute atomic E-state index is 14.1. The predicted octanol–water partition coefficient (Wildman–Crippen LogP) is 4.73. The van der Waals surface area contributed by atoms with Gasteiger partial charge in [0, 0.05) is 35.8 Å². The lowest BCUT2D eigenvalue weighted by Gasteiger charge is -2.27. The summed E-state index contributed by atoms with van der Waals surface area (Å²) in [6.07, 6.45) is -3.83. The Balaban J connectivity index is 1.67. The number of methoxy groups -OCH3 is 1. The number of pyridine rings is 1. The fourth-order valence-electron chi connectivity index (χ4n) is 4.61. The van der Waals surface area contributed by atoms with Gasteiger partial charge in [0.2, 0.25) is 5.43 Å². The van der Waals surface area contributed by atoms with E-state index in [-0.39, 0.29) is 29.6 Å². The lowest BCUT2D eigenvalue weighted by molar-refractivity contribution is -0.142. The summed E-state index contributed by atoms with van der Waals surface area (Å²) in [6.45, 7) is 5.72. The number of hydrogen-bond acceptors (Lipinski definition) is 6. The fraction of sp³-hybridized carbons (Fsp3) is 0.370. The Morgan fingerprint density at radius 2 is 1.82 bits per heavy atom. The third-order valence-electron chi connectivity index (χ3n) is 6.18. The molecule has 0 aliphatic carbocycles. The van der Waals surface area contributed by atoms with E-state index in [1.807, 2.05) is 20.8 Å². The molecular weight excluding hydrogens is 503 g/mol. The van der Waals surface area contributed by atoms with E-state index < -0.39 is 52.5 Å². The fourth-order valence-corrected chi connectivity index (χ4v) is 4.61. The number of nitrogens with one attached hydrogen (secondary N) is 2. The van der Waals surface area contributed by atoms with E-state index in [2.05, 4.69) is 10.3 Å². The third kappa shape index (κ3) is 5.67. The Labute approximate surface area is 216 Å². The highest BCUT2D eigenvalue weighted by atomic mass is 19.4. The van der Waals surface area contributed by atoms with Crippen LogP contribution in [0, 0.1) is 0 Å². The molecule has 0 bridgehead atoms. The molecule has 0 radical (unpaired) electrons. The summed E-state index contributed by atoms with van der Waals surface area (Å²) in [7, 11) is 1.22. The zero-order chi connectivity index (χ0) is 27.8. The maximum atomic E-state index is 14.1. The van der Waals surface area contributed by atoms with Crippen molar-refractivity contribution in [1.82, 2.24) is 4.98 Å². The molecule has 8 nitrogen and oxygen atoms in total. The Hall–Kier alpha value is -3.86. The van der Waals surface area contributed by atoms with Crippen LogP contribution in [0.2, 0.25) is 0 Å². The van der Waals surface area contributed by atoms with Crippen LogP contribution in [-0.4, -0.2) is 48.3 Å². The Kier molecular flexibility index (Phi) is 7.24. The van der Waals surface area contributed by atoms with Gasteiger partial charge < -0.3 is 24.7 Å². The van der Waals surface area contributed by atoms with Gasteiger partial charge in [-0.25, -0.2) is 4.79 Å². The number of ether oxygens (including phenoxy) is 2. The van der Waals surface area contributed by atoms with E-state index in [1.54, 1.807) is 18.2 Å². The van der Waals surface area contributed by atoms with Crippen LogP contribution in [0.25, 0.3) is 10.9 Å². The van der Waals surface area contributed by atoms with Crippen molar-refractivity contribution in [2.75, 3.05) is 23.9 Å². The van der Waals surface area contributed by atoms with Gasteiger partial charge in [0.05, 0.1) is 30.1 Å². The van der Waals surface area contributed by atoms with Crippen LogP contribution in [0.5, 0.6) is 0 Å². The highest BCUT2D eigenvalue weighted by molar-refractivity contribution is 6.06. The van der Waals surface area contributed by atoms with Gasteiger partial charge in [0.15, 0.2) is 0 Å². The number of nitrogens with zero attached hydrogens (tertiary/aromatic N) is 1. The van der Waals surface area contributed by atoms with Crippen molar-refractivity contribution >= 4 is 34.2 Å². The molecule has 2 N–H and O–H groups in total. The molecule has 0 unspecified atom stereocenters. The molecule has 0 saturated carbocycles. The molecule has 2 atom stereocenters. The monoisotopic (exact) mass is 531 g/mol. The summed E-state index contributed by atoms with van der Waals surface area (Å²) in [4.78, 5) is 42.4. The molecule has 2 aromatic carbocycles. The van der Waals surface area contributed by atoms with Crippen LogP contribution in [0.3, 0.4) is 0 Å². The molecule has 1 amide bonds. The molecule has 1 aliphatic heterocycles. The first-order valence-corrected chi connectivity index (χ1v) is 11.9. The summed E-state index contributed by atoms with van der Waals surface area (Å²) >= 11 is 0. The first-order valence-electron chi connectivity index (χ1n) is 11.9. The normalized spacial score (nSPS) is 18.0. The van der Waals surface area contributed by atoms with Gasteiger partial charge in [-0.05, 0) is 51.1 Å². The number of rotatable bonds is 5. The summed E-state index contributed by atoms with van der Waals surface area (Å²) < 4.78 is 53.2. The minimum atomic E-state index is -4.84. The molecular formula is C27H28F3N3O5. The number of alkyl halides is 3. The zero-order valence-electron chi connectivity index (χ0n) is 21.3. The van der Waals surface area contributed by atoms with Gasteiger partial charge in [0.25, 0.3) is 5.91 Å².